The van der Waals surface area contributed by atoms with Crippen LogP contribution in [-0.2, 0) is 6.54 Å². The summed E-state index contributed by atoms with van der Waals surface area (Å²) in [5.41, 5.74) is 2.51. The summed E-state index contributed by atoms with van der Waals surface area (Å²) in [6.07, 6.45) is 1.51. The van der Waals surface area contributed by atoms with Gasteiger partial charge in [-0.1, -0.05) is 23.7 Å². The number of carbonyl (C=O) groups excluding carboxylic acids is 2. The van der Waals surface area contributed by atoms with E-state index in [1.807, 2.05) is 25.1 Å². The summed E-state index contributed by atoms with van der Waals surface area (Å²) in [7, 11) is 3.06. The molecule has 0 aliphatic heterocycles. The maximum Gasteiger partial charge on any atom is 0.319 e. The predicted octanol–water partition coefficient (Wildman–Crippen LogP) is 4.53. The third-order valence-electron chi connectivity index (χ3n) is 4.52. The zero-order valence-electron chi connectivity index (χ0n) is 17.9. The van der Waals surface area contributed by atoms with E-state index < -0.39 is 0 Å². The van der Waals surface area contributed by atoms with Crippen molar-refractivity contribution in [3.8, 4) is 17.2 Å². The number of anilines is 1. The summed E-state index contributed by atoms with van der Waals surface area (Å²) in [6, 6.07) is 13.4. The zero-order valence-corrected chi connectivity index (χ0v) is 18.6. The smallest absolute Gasteiger partial charge is 0.319 e. The molecular formula is C23H23ClN4O4. The summed E-state index contributed by atoms with van der Waals surface area (Å²) in [6.45, 7) is 2.21. The fourth-order valence-electron chi connectivity index (χ4n) is 2.92. The zero-order chi connectivity index (χ0) is 23.1. The molecule has 0 radical (unpaired) electrons. The number of amides is 3. The van der Waals surface area contributed by atoms with Crippen LogP contribution < -0.4 is 25.4 Å². The molecule has 3 aromatic rings. The number of halogens is 1. The number of aromatic nitrogens is 1. The molecule has 32 heavy (non-hydrogen) atoms. The molecule has 0 saturated carbocycles. The number of urea groups is 1. The number of nitrogens with zero attached hydrogens (tertiary/aromatic N) is 1. The van der Waals surface area contributed by atoms with E-state index in [-0.39, 0.29) is 17.6 Å². The first-order chi connectivity index (χ1) is 15.4. The van der Waals surface area contributed by atoms with E-state index in [0.29, 0.717) is 34.5 Å². The molecule has 8 nitrogen and oxygen atoms in total. The first-order valence-electron chi connectivity index (χ1n) is 9.73. The number of hydrogen-bond acceptors (Lipinski definition) is 5. The lowest BCUT2D eigenvalue weighted by Gasteiger charge is -2.13. The van der Waals surface area contributed by atoms with Gasteiger partial charge in [0.1, 0.15) is 22.9 Å². The first kappa shape index (κ1) is 22.9. The van der Waals surface area contributed by atoms with E-state index in [2.05, 4.69) is 20.9 Å². The highest BCUT2D eigenvalue weighted by Gasteiger charge is 2.10. The fourth-order valence-corrected chi connectivity index (χ4v) is 3.09. The van der Waals surface area contributed by atoms with E-state index in [0.717, 1.165) is 11.1 Å². The van der Waals surface area contributed by atoms with Crippen molar-refractivity contribution in [2.45, 2.75) is 13.5 Å². The van der Waals surface area contributed by atoms with Crippen LogP contribution in [0.1, 0.15) is 21.6 Å². The molecule has 0 atom stereocenters. The third kappa shape index (κ3) is 5.89. The summed E-state index contributed by atoms with van der Waals surface area (Å²) >= 11 is 5.99. The minimum atomic E-state index is -0.387. The molecule has 3 N–H and O–H groups in total. The maximum atomic E-state index is 12.3. The van der Waals surface area contributed by atoms with Crippen LogP contribution in [0.3, 0.4) is 0 Å². The highest BCUT2D eigenvalue weighted by atomic mass is 35.5. The monoisotopic (exact) mass is 454 g/mol. The van der Waals surface area contributed by atoms with Gasteiger partial charge in [-0.3, -0.25) is 9.78 Å². The summed E-state index contributed by atoms with van der Waals surface area (Å²) in [5.74, 6) is 1.36. The molecule has 0 saturated heterocycles. The minimum absolute atomic E-state index is 0.269. The van der Waals surface area contributed by atoms with Crippen molar-refractivity contribution in [1.29, 1.82) is 0 Å². The molecule has 3 amide bonds. The SMILES string of the molecule is CNC(=O)c1cc(Oc2ccc(CNC(=O)Nc3cc(Cl)ccc3OC)cc2C)ccn1. The van der Waals surface area contributed by atoms with E-state index in [9.17, 15) is 9.59 Å². The molecule has 3 rings (SSSR count). The molecule has 0 aliphatic rings. The molecule has 0 bridgehead atoms. The second-order valence-electron chi connectivity index (χ2n) is 6.81. The van der Waals surface area contributed by atoms with Crippen LogP contribution in [0.4, 0.5) is 10.5 Å². The van der Waals surface area contributed by atoms with Gasteiger partial charge in [-0.2, -0.15) is 0 Å². The Morgan fingerprint density at radius 3 is 2.56 bits per heavy atom. The van der Waals surface area contributed by atoms with Gasteiger partial charge in [0, 0.05) is 30.9 Å². The number of hydrogen-bond donors (Lipinski definition) is 3. The van der Waals surface area contributed by atoms with Gasteiger partial charge in [0.25, 0.3) is 5.91 Å². The average Bonchev–Trinajstić information content (AvgIpc) is 2.79. The third-order valence-corrected chi connectivity index (χ3v) is 4.76. The van der Waals surface area contributed by atoms with Gasteiger partial charge in [0.2, 0.25) is 0 Å². The quantitative estimate of drug-likeness (QED) is 0.487. The van der Waals surface area contributed by atoms with Gasteiger partial charge in [-0.15, -0.1) is 0 Å². The molecule has 2 aromatic carbocycles. The van der Waals surface area contributed by atoms with Gasteiger partial charge in [0.15, 0.2) is 0 Å². The number of pyridine rings is 1. The standard InChI is InChI=1S/C23H23ClN4O4/c1-14-10-15(13-27-23(30)28-18-11-16(24)5-7-21(18)31-3)4-6-20(14)32-17-8-9-26-19(12-17)22(29)25-2/h4-12H,13H2,1-3H3,(H,25,29)(H2,27,28,30). The number of rotatable bonds is 7. The van der Waals surface area contributed by atoms with Gasteiger partial charge in [-0.05, 0) is 48.4 Å². The molecule has 0 fully saturated rings. The number of ether oxygens (including phenoxy) is 2. The largest absolute Gasteiger partial charge is 0.495 e. The lowest BCUT2D eigenvalue weighted by atomic mass is 10.1. The minimum Gasteiger partial charge on any atom is -0.495 e. The van der Waals surface area contributed by atoms with Crippen molar-refractivity contribution in [3.05, 3.63) is 76.6 Å². The van der Waals surface area contributed by atoms with E-state index >= 15 is 0 Å². The van der Waals surface area contributed by atoms with Crippen molar-refractivity contribution in [1.82, 2.24) is 15.6 Å². The maximum absolute atomic E-state index is 12.3. The topological polar surface area (TPSA) is 102 Å². The van der Waals surface area contributed by atoms with Gasteiger partial charge < -0.3 is 25.4 Å². The highest BCUT2D eigenvalue weighted by molar-refractivity contribution is 6.31. The average molecular weight is 455 g/mol. The van der Waals surface area contributed by atoms with E-state index in [4.69, 9.17) is 21.1 Å². The van der Waals surface area contributed by atoms with Crippen molar-refractivity contribution >= 4 is 29.2 Å². The number of methoxy groups -OCH3 is 1. The second-order valence-corrected chi connectivity index (χ2v) is 7.25. The van der Waals surface area contributed by atoms with Crippen molar-refractivity contribution in [2.24, 2.45) is 0 Å². The van der Waals surface area contributed by atoms with Gasteiger partial charge in [0.05, 0.1) is 12.8 Å². The van der Waals surface area contributed by atoms with Gasteiger partial charge >= 0.3 is 6.03 Å². The molecule has 0 unspecified atom stereocenters. The molecule has 1 aromatic heterocycles. The van der Waals surface area contributed by atoms with Crippen molar-refractivity contribution < 1.29 is 19.1 Å². The number of nitrogens with one attached hydrogen (secondary N) is 3. The van der Waals surface area contributed by atoms with Crippen LogP contribution in [0, 0.1) is 6.92 Å². The molecule has 0 spiro atoms. The molecule has 166 valence electrons. The second kappa shape index (κ2) is 10.5. The Morgan fingerprint density at radius 2 is 1.84 bits per heavy atom. The molecule has 0 aliphatic carbocycles. The Morgan fingerprint density at radius 1 is 1.06 bits per heavy atom. The van der Waals surface area contributed by atoms with Crippen LogP contribution in [0.2, 0.25) is 5.02 Å². The summed E-state index contributed by atoms with van der Waals surface area (Å²) < 4.78 is 11.1. The molecule has 1 heterocycles. The van der Waals surface area contributed by atoms with Crippen LogP contribution in [0.15, 0.2) is 54.7 Å². The van der Waals surface area contributed by atoms with Crippen LogP contribution in [-0.4, -0.2) is 31.1 Å². The normalized spacial score (nSPS) is 10.2. The molecule has 9 heteroatoms. The van der Waals surface area contributed by atoms with Crippen LogP contribution >= 0.6 is 11.6 Å². The highest BCUT2D eigenvalue weighted by Crippen LogP contribution is 2.28. The van der Waals surface area contributed by atoms with Crippen molar-refractivity contribution in [3.63, 3.8) is 0 Å². The lowest BCUT2D eigenvalue weighted by molar-refractivity contribution is 0.0958. The van der Waals surface area contributed by atoms with Crippen LogP contribution in [0.25, 0.3) is 0 Å². The number of benzene rings is 2. The Hall–Kier alpha value is -3.78. The fraction of sp³-hybridized carbons (Fsp3) is 0.174. The van der Waals surface area contributed by atoms with E-state index in [1.165, 1.54) is 13.3 Å². The van der Waals surface area contributed by atoms with Crippen molar-refractivity contribution in [2.75, 3.05) is 19.5 Å². The Bertz CT molecular complexity index is 1140. The summed E-state index contributed by atoms with van der Waals surface area (Å²) in [5, 5.41) is 8.54. The first-order valence-corrected chi connectivity index (χ1v) is 10.1. The molecular weight excluding hydrogens is 432 g/mol. The Balaban J connectivity index is 1.61. The number of aryl methyl sites for hydroxylation is 1. The van der Waals surface area contributed by atoms with Crippen LogP contribution in [0.5, 0.6) is 17.2 Å². The van der Waals surface area contributed by atoms with E-state index in [1.54, 1.807) is 37.4 Å². The predicted molar refractivity (Wildman–Crippen MR) is 123 cm³/mol. The lowest BCUT2D eigenvalue weighted by Crippen LogP contribution is -2.28. The Kier molecular flexibility index (Phi) is 7.51. The Labute approximate surface area is 190 Å². The summed E-state index contributed by atoms with van der Waals surface area (Å²) in [4.78, 5) is 28.0. The number of carbonyl (C=O) groups is 2. The van der Waals surface area contributed by atoms with Gasteiger partial charge in [-0.25, -0.2) is 4.79 Å².